The second-order valence-electron chi connectivity index (χ2n) is 7.63. The van der Waals surface area contributed by atoms with Crippen molar-refractivity contribution in [2.75, 3.05) is 33.2 Å². The van der Waals surface area contributed by atoms with Gasteiger partial charge in [-0.15, -0.1) is 0 Å². The van der Waals surface area contributed by atoms with Crippen LogP contribution in [0.2, 0.25) is 0 Å². The van der Waals surface area contributed by atoms with E-state index in [1.807, 2.05) is 19.2 Å². The zero-order chi connectivity index (χ0) is 17.7. The van der Waals surface area contributed by atoms with E-state index in [9.17, 15) is 9.18 Å². The Balaban J connectivity index is 1.56. The third kappa shape index (κ3) is 4.59. The molecule has 5 heteroatoms. The second kappa shape index (κ2) is 8.28. The number of rotatable bonds is 6. The minimum Gasteiger partial charge on any atom is -0.354 e. The number of piperidine rings is 1. The smallest absolute Gasteiger partial charge is 0.234 e. The molecule has 2 N–H and O–H groups in total. The summed E-state index contributed by atoms with van der Waals surface area (Å²) in [6.07, 6.45) is 6.78. The van der Waals surface area contributed by atoms with Crippen molar-refractivity contribution in [3.05, 3.63) is 35.6 Å². The Hall–Kier alpha value is -1.46. The summed E-state index contributed by atoms with van der Waals surface area (Å²) >= 11 is 0. The first-order valence-electron chi connectivity index (χ1n) is 9.54. The average molecular weight is 347 g/mol. The van der Waals surface area contributed by atoms with Crippen LogP contribution in [0.3, 0.4) is 0 Å². The highest BCUT2D eigenvalue weighted by molar-refractivity contribution is 5.78. The summed E-state index contributed by atoms with van der Waals surface area (Å²) < 4.78 is 13.3. The molecule has 1 unspecified atom stereocenters. The number of hydrogen-bond donors (Lipinski definition) is 2. The van der Waals surface area contributed by atoms with Gasteiger partial charge < -0.3 is 10.6 Å². The minimum atomic E-state index is -0.204. The van der Waals surface area contributed by atoms with Crippen LogP contribution in [0.1, 0.15) is 44.1 Å². The van der Waals surface area contributed by atoms with E-state index in [0.29, 0.717) is 19.1 Å². The third-order valence-corrected chi connectivity index (χ3v) is 5.92. The monoisotopic (exact) mass is 347 g/mol. The first kappa shape index (κ1) is 18.3. The number of halogens is 1. The largest absolute Gasteiger partial charge is 0.354 e. The van der Waals surface area contributed by atoms with Crippen molar-refractivity contribution in [2.45, 2.75) is 50.0 Å². The van der Waals surface area contributed by atoms with E-state index in [1.165, 1.54) is 31.4 Å². The number of benzene rings is 1. The van der Waals surface area contributed by atoms with Crippen molar-refractivity contribution in [1.29, 1.82) is 0 Å². The molecule has 2 aliphatic rings. The van der Waals surface area contributed by atoms with Gasteiger partial charge in [-0.1, -0.05) is 25.0 Å². The molecule has 0 aromatic heterocycles. The fourth-order valence-electron chi connectivity index (χ4n) is 4.38. The van der Waals surface area contributed by atoms with Crippen LogP contribution < -0.4 is 10.6 Å². The van der Waals surface area contributed by atoms with Gasteiger partial charge in [0.1, 0.15) is 5.82 Å². The molecule has 1 atom stereocenters. The highest BCUT2D eigenvalue weighted by Crippen LogP contribution is 2.40. The van der Waals surface area contributed by atoms with Gasteiger partial charge in [-0.3, -0.25) is 9.69 Å². The van der Waals surface area contributed by atoms with Crippen molar-refractivity contribution >= 4 is 5.91 Å². The molecular weight excluding hydrogens is 317 g/mol. The molecule has 25 heavy (non-hydrogen) atoms. The fourth-order valence-corrected chi connectivity index (χ4v) is 4.38. The molecule has 2 fully saturated rings. The van der Waals surface area contributed by atoms with E-state index in [4.69, 9.17) is 0 Å². The molecule has 0 bridgehead atoms. The molecular formula is C20H30FN3O. The first-order valence-corrected chi connectivity index (χ1v) is 9.54. The molecule has 1 heterocycles. The number of amides is 1. The lowest BCUT2D eigenvalue weighted by Crippen LogP contribution is -2.49. The van der Waals surface area contributed by atoms with Crippen LogP contribution in [0.4, 0.5) is 4.39 Å². The van der Waals surface area contributed by atoms with E-state index in [2.05, 4.69) is 15.5 Å². The van der Waals surface area contributed by atoms with Gasteiger partial charge in [0.05, 0.1) is 6.54 Å². The lowest BCUT2D eigenvalue weighted by atomic mass is 9.79. The standard InChI is InChI=1S/C20H30FN3O/c1-22-18-5-4-12-24(13-18)14-19(25)23-15-20(10-2-3-11-20)16-6-8-17(21)9-7-16/h6-9,18,22H,2-5,10-15H2,1H3,(H,23,25). The van der Waals surface area contributed by atoms with Gasteiger partial charge in [-0.05, 0) is 57.0 Å². The number of hydrogen-bond acceptors (Lipinski definition) is 3. The zero-order valence-corrected chi connectivity index (χ0v) is 15.2. The van der Waals surface area contributed by atoms with Crippen LogP contribution >= 0.6 is 0 Å². The fraction of sp³-hybridized carbons (Fsp3) is 0.650. The van der Waals surface area contributed by atoms with Gasteiger partial charge in [0.25, 0.3) is 0 Å². The summed E-state index contributed by atoms with van der Waals surface area (Å²) in [5.41, 5.74) is 1.12. The first-order chi connectivity index (χ1) is 12.1. The molecule has 138 valence electrons. The normalized spacial score (nSPS) is 23.5. The van der Waals surface area contributed by atoms with Crippen molar-refractivity contribution in [3.8, 4) is 0 Å². The van der Waals surface area contributed by atoms with Crippen molar-refractivity contribution in [1.82, 2.24) is 15.5 Å². The average Bonchev–Trinajstić information content (AvgIpc) is 3.11. The Labute approximate surface area is 150 Å². The number of nitrogens with zero attached hydrogens (tertiary/aromatic N) is 1. The van der Waals surface area contributed by atoms with E-state index < -0.39 is 0 Å². The van der Waals surface area contributed by atoms with Gasteiger partial charge in [0, 0.05) is 24.5 Å². The molecule has 3 rings (SSSR count). The van der Waals surface area contributed by atoms with Crippen molar-refractivity contribution in [3.63, 3.8) is 0 Å². The Kier molecular flexibility index (Phi) is 6.07. The summed E-state index contributed by atoms with van der Waals surface area (Å²) in [6.45, 7) is 3.06. The molecule has 1 aromatic carbocycles. The molecule has 1 aliphatic heterocycles. The molecule has 1 aromatic rings. The molecule has 1 saturated heterocycles. The minimum absolute atomic E-state index is 0.0290. The molecule has 1 aliphatic carbocycles. The summed E-state index contributed by atoms with van der Waals surface area (Å²) in [5.74, 6) is -0.102. The number of carbonyl (C=O) groups is 1. The maximum Gasteiger partial charge on any atom is 0.234 e. The Bertz CT molecular complexity index is 569. The summed E-state index contributed by atoms with van der Waals surface area (Å²) in [6, 6.07) is 7.32. The van der Waals surface area contributed by atoms with Crippen LogP contribution in [0, 0.1) is 5.82 Å². The lowest BCUT2D eigenvalue weighted by molar-refractivity contribution is -0.122. The summed E-state index contributed by atoms with van der Waals surface area (Å²) in [7, 11) is 1.99. The number of carbonyl (C=O) groups excluding carboxylic acids is 1. The van der Waals surface area contributed by atoms with E-state index >= 15 is 0 Å². The van der Waals surface area contributed by atoms with Gasteiger partial charge in [-0.2, -0.15) is 0 Å². The van der Waals surface area contributed by atoms with Crippen molar-refractivity contribution in [2.24, 2.45) is 0 Å². The van der Waals surface area contributed by atoms with Crippen LogP contribution in [0.25, 0.3) is 0 Å². The Morgan fingerprint density at radius 3 is 2.64 bits per heavy atom. The lowest BCUT2D eigenvalue weighted by Gasteiger charge is -2.33. The zero-order valence-electron chi connectivity index (χ0n) is 15.2. The molecule has 0 spiro atoms. The Morgan fingerprint density at radius 2 is 1.96 bits per heavy atom. The van der Waals surface area contributed by atoms with Gasteiger partial charge in [-0.25, -0.2) is 4.39 Å². The molecule has 1 saturated carbocycles. The maximum atomic E-state index is 13.3. The van der Waals surface area contributed by atoms with Crippen LogP contribution in [-0.4, -0.2) is 50.1 Å². The number of nitrogens with one attached hydrogen (secondary N) is 2. The third-order valence-electron chi connectivity index (χ3n) is 5.92. The molecule has 0 radical (unpaired) electrons. The predicted molar refractivity (Wildman–Crippen MR) is 98.1 cm³/mol. The SMILES string of the molecule is CNC1CCCN(CC(=O)NCC2(c3ccc(F)cc3)CCCC2)C1. The molecule has 4 nitrogen and oxygen atoms in total. The van der Waals surface area contributed by atoms with Crippen LogP contribution in [0.15, 0.2) is 24.3 Å². The topological polar surface area (TPSA) is 44.4 Å². The quantitative estimate of drug-likeness (QED) is 0.831. The summed E-state index contributed by atoms with van der Waals surface area (Å²) in [4.78, 5) is 14.7. The van der Waals surface area contributed by atoms with Gasteiger partial charge in [0.2, 0.25) is 5.91 Å². The van der Waals surface area contributed by atoms with Crippen LogP contribution in [0.5, 0.6) is 0 Å². The summed E-state index contributed by atoms with van der Waals surface area (Å²) in [5, 5.41) is 6.48. The highest BCUT2D eigenvalue weighted by atomic mass is 19.1. The van der Waals surface area contributed by atoms with E-state index in [0.717, 1.165) is 37.9 Å². The van der Waals surface area contributed by atoms with Crippen LogP contribution in [-0.2, 0) is 10.2 Å². The highest BCUT2D eigenvalue weighted by Gasteiger charge is 2.36. The number of likely N-dealkylation sites (N-methyl/N-ethyl adjacent to an activating group) is 1. The number of likely N-dealkylation sites (tertiary alicyclic amines) is 1. The molecule has 1 amide bonds. The van der Waals surface area contributed by atoms with Gasteiger partial charge in [0.15, 0.2) is 0 Å². The van der Waals surface area contributed by atoms with Crippen molar-refractivity contribution < 1.29 is 9.18 Å². The van der Waals surface area contributed by atoms with Gasteiger partial charge >= 0.3 is 0 Å². The predicted octanol–water partition coefficient (Wildman–Crippen LogP) is 2.44. The second-order valence-corrected chi connectivity index (χ2v) is 7.63. The Morgan fingerprint density at radius 1 is 1.24 bits per heavy atom. The van der Waals surface area contributed by atoms with E-state index in [-0.39, 0.29) is 17.1 Å². The van der Waals surface area contributed by atoms with E-state index in [1.54, 1.807) is 0 Å². The maximum absolute atomic E-state index is 13.3.